The average molecular weight is 274 g/mol. The molecule has 1 aliphatic heterocycles. The topological polar surface area (TPSA) is 12.0 Å². The monoisotopic (exact) mass is 273 g/mol. The van der Waals surface area contributed by atoms with Gasteiger partial charge in [0.1, 0.15) is 0 Å². The molecule has 0 atom stereocenters. The Hall–Kier alpha value is -1.31. The Morgan fingerprint density at radius 1 is 0.737 bits per heavy atom. The van der Waals surface area contributed by atoms with Crippen LogP contribution in [0.4, 0.5) is 0 Å². The highest BCUT2D eigenvalue weighted by molar-refractivity contribution is 6.33. The van der Waals surface area contributed by atoms with Gasteiger partial charge in [0.25, 0.3) is 0 Å². The molecule has 0 aromatic heterocycles. The predicted octanol–water partition coefficient (Wildman–Crippen LogP) is 4.77. The van der Waals surface area contributed by atoms with Crippen molar-refractivity contribution in [3.8, 4) is 11.1 Å². The van der Waals surface area contributed by atoms with E-state index in [1.54, 1.807) is 0 Å². The van der Waals surface area contributed by atoms with Crippen LogP contribution < -0.4 is 5.32 Å². The smallest absolute Gasteiger partial charge is 0.0484 e. The highest BCUT2D eigenvalue weighted by atomic mass is 35.5. The summed E-state index contributed by atoms with van der Waals surface area (Å²) in [6.07, 6.45) is 4.22. The number of hydrogen-bond acceptors (Lipinski definition) is 1. The van der Waals surface area contributed by atoms with E-state index in [4.69, 9.17) is 11.6 Å². The summed E-state index contributed by atoms with van der Waals surface area (Å²) in [5, 5.41) is 4.08. The first kappa shape index (κ1) is 14.1. The molecule has 0 aliphatic carbocycles. The van der Waals surface area contributed by atoms with E-state index < -0.39 is 0 Å². The van der Waals surface area contributed by atoms with Crippen LogP contribution in [0.2, 0.25) is 5.02 Å². The lowest BCUT2D eigenvalue weighted by Gasteiger charge is -2.08. The molecule has 100 valence electrons. The fraction of sp³-hybridized carbons (Fsp3) is 0.294. The molecule has 1 aliphatic rings. The van der Waals surface area contributed by atoms with Crippen LogP contribution in [0, 0.1) is 0 Å². The van der Waals surface area contributed by atoms with Crippen molar-refractivity contribution in [2.24, 2.45) is 0 Å². The Morgan fingerprint density at radius 2 is 1.37 bits per heavy atom. The maximum Gasteiger partial charge on any atom is 0.0484 e. The van der Waals surface area contributed by atoms with Crippen molar-refractivity contribution in [1.82, 2.24) is 5.32 Å². The second-order valence-electron chi connectivity index (χ2n) is 4.66. The van der Waals surface area contributed by atoms with Gasteiger partial charge >= 0.3 is 0 Å². The summed E-state index contributed by atoms with van der Waals surface area (Å²) in [6, 6.07) is 18.0. The zero-order chi connectivity index (χ0) is 13.3. The van der Waals surface area contributed by atoms with E-state index in [2.05, 4.69) is 17.4 Å². The van der Waals surface area contributed by atoms with Crippen molar-refractivity contribution >= 4 is 11.6 Å². The van der Waals surface area contributed by atoms with E-state index in [-0.39, 0.29) is 0 Å². The molecular formula is C17H20ClN. The molecule has 19 heavy (non-hydrogen) atoms. The fourth-order valence-electron chi connectivity index (χ4n) is 2.11. The standard InChI is InChI=1S/C12H9Cl.C5H11N/c13-12-9-5-4-8-11(12)10-6-2-1-3-7-10;1-2-4-6-5-3-1/h1-9H;6H,1-5H2. The molecule has 0 radical (unpaired) electrons. The molecule has 2 aromatic rings. The second-order valence-corrected chi connectivity index (χ2v) is 5.06. The minimum Gasteiger partial charge on any atom is -0.317 e. The maximum absolute atomic E-state index is 6.06. The van der Waals surface area contributed by atoms with Gasteiger partial charge in [0.2, 0.25) is 0 Å². The summed E-state index contributed by atoms with van der Waals surface area (Å²) in [4.78, 5) is 0. The van der Waals surface area contributed by atoms with Gasteiger partial charge < -0.3 is 5.32 Å². The largest absolute Gasteiger partial charge is 0.317 e. The maximum atomic E-state index is 6.06. The van der Waals surface area contributed by atoms with Gasteiger partial charge in [-0.25, -0.2) is 0 Å². The molecule has 0 bridgehead atoms. The number of nitrogens with one attached hydrogen (secondary N) is 1. The lowest BCUT2D eigenvalue weighted by Crippen LogP contribution is -2.21. The summed E-state index contributed by atoms with van der Waals surface area (Å²) in [5.74, 6) is 0. The molecule has 0 saturated carbocycles. The van der Waals surface area contributed by atoms with Gasteiger partial charge in [-0.15, -0.1) is 0 Å². The third-order valence-corrected chi connectivity index (χ3v) is 3.50. The summed E-state index contributed by atoms with van der Waals surface area (Å²) in [7, 11) is 0. The van der Waals surface area contributed by atoms with Crippen molar-refractivity contribution in [3.63, 3.8) is 0 Å². The van der Waals surface area contributed by atoms with Crippen molar-refractivity contribution in [1.29, 1.82) is 0 Å². The molecule has 0 amide bonds. The van der Waals surface area contributed by atoms with Crippen LogP contribution in [0.5, 0.6) is 0 Å². The Bertz CT molecular complexity index is 466. The number of benzene rings is 2. The van der Waals surface area contributed by atoms with Crippen LogP contribution in [-0.4, -0.2) is 13.1 Å². The summed E-state index contributed by atoms with van der Waals surface area (Å²) < 4.78 is 0. The Balaban J connectivity index is 0.000000186. The van der Waals surface area contributed by atoms with Gasteiger partial charge in [-0.1, -0.05) is 66.6 Å². The van der Waals surface area contributed by atoms with Crippen molar-refractivity contribution < 1.29 is 0 Å². The molecule has 1 saturated heterocycles. The van der Waals surface area contributed by atoms with Crippen molar-refractivity contribution in [2.45, 2.75) is 19.3 Å². The van der Waals surface area contributed by atoms with Gasteiger partial charge in [-0.2, -0.15) is 0 Å². The Morgan fingerprint density at radius 3 is 1.89 bits per heavy atom. The lowest BCUT2D eigenvalue weighted by atomic mass is 10.1. The third kappa shape index (κ3) is 4.70. The molecule has 2 heteroatoms. The number of hydrogen-bond donors (Lipinski definition) is 1. The first-order chi connectivity index (χ1) is 9.38. The molecule has 0 unspecified atom stereocenters. The van der Waals surface area contributed by atoms with Crippen LogP contribution in [0.15, 0.2) is 54.6 Å². The minimum absolute atomic E-state index is 0.800. The zero-order valence-electron chi connectivity index (χ0n) is 11.1. The molecule has 1 heterocycles. The van der Waals surface area contributed by atoms with Gasteiger partial charge in [-0.05, 0) is 37.6 Å². The Kier molecular flexibility index (Phi) is 5.93. The molecule has 1 N–H and O–H groups in total. The molecule has 0 spiro atoms. The van der Waals surface area contributed by atoms with E-state index in [9.17, 15) is 0 Å². The predicted molar refractivity (Wildman–Crippen MR) is 83.6 cm³/mol. The number of halogens is 1. The van der Waals surface area contributed by atoms with Gasteiger partial charge in [-0.3, -0.25) is 0 Å². The molecule has 2 aromatic carbocycles. The average Bonchev–Trinajstić information content (AvgIpc) is 2.51. The summed E-state index contributed by atoms with van der Waals surface area (Å²) in [5.41, 5.74) is 2.25. The van der Waals surface area contributed by atoms with Crippen LogP contribution in [-0.2, 0) is 0 Å². The first-order valence-electron chi connectivity index (χ1n) is 6.88. The van der Waals surface area contributed by atoms with Crippen LogP contribution >= 0.6 is 11.6 Å². The fourth-order valence-corrected chi connectivity index (χ4v) is 2.36. The highest BCUT2D eigenvalue weighted by Gasteiger charge is 1.99. The second kappa shape index (κ2) is 7.98. The molecular weight excluding hydrogens is 254 g/mol. The highest BCUT2D eigenvalue weighted by Crippen LogP contribution is 2.26. The van der Waals surface area contributed by atoms with Gasteiger partial charge in [0, 0.05) is 10.6 Å². The summed E-state index contributed by atoms with van der Waals surface area (Å²) in [6.45, 7) is 2.50. The normalized spacial score (nSPS) is 14.4. The first-order valence-corrected chi connectivity index (χ1v) is 7.26. The van der Waals surface area contributed by atoms with Crippen LogP contribution in [0.1, 0.15) is 19.3 Å². The molecule has 1 fully saturated rings. The summed E-state index contributed by atoms with van der Waals surface area (Å²) >= 11 is 6.06. The third-order valence-electron chi connectivity index (χ3n) is 3.17. The Labute approximate surface area is 120 Å². The van der Waals surface area contributed by atoms with Crippen LogP contribution in [0.25, 0.3) is 11.1 Å². The van der Waals surface area contributed by atoms with Gasteiger partial charge in [0.05, 0.1) is 0 Å². The van der Waals surface area contributed by atoms with Gasteiger partial charge in [0.15, 0.2) is 0 Å². The van der Waals surface area contributed by atoms with E-state index in [0.29, 0.717) is 0 Å². The SMILES string of the molecule is C1CCNCC1.Clc1ccccc1-c1ccccc1. The number of piperidine rings is 1. The number of rotatable bonds is 1. The van der Waals surface area contributed by atoms with E-state index in [1.165, 1.54) is 32.4 Å². The van der Waals surface area contributed by atoms with Crippen LogP contribution in [0.3, 0.4) is 0 Å². The zero-order valence-corrected chi connectivity index (χ0v) is 11.9. The van der Waals surface area contributed by atoms with Crippen molar-refractivity contribution in [2.75, 3.05) is 13.1 Å². The van der Waals surface area contributed by atoms with E-state index in [0.717, 1.165) is 16.1 Å². The molecule has 1 nitrogen and oxygen atoms in total. The lowest BCUT2D eigenvalue weighted by molar-refractivity contribution is 0.520. The molecule has 3 rings (SSSR count). The van der Waals surface area contributed by atoms with E-state index in [1.807, 2.05) is 42.5 Å². The van der Waals surface area contributed by atoms with Crippen molar-refractivity contribution in [3.05, 3.63) is 59.6 Å². The van der Waals surface area contributed by atoms with E-state index >= 15 is 0 Å². The quantitative estimate of drug-likeness (QED) is 0.789. The minimum atomic E-state index is 0.800.